The molecule has 224 valence electrons. The van der Waals surface area contributed by atoms with Gasteiger partial charge in [-0.2, -0.15) is 4.58 Å². The number of ketones is 1. The third-order valence-electron chi connectivity index (χ3n) is 9.38. The second-order valence-electron chi connectivity index (χ2n) is 12.3. The van der Waals surface area contributed by atoms with E-state index in [9.17, 15) is 4.79 Å². The molecule has 3 aliphatic rings. The monoisotopic (exact) mass is 575 g/mol. The van der Waals surface area contributed by atoms with Crippen LogP contribution < -0.4 is 10.4 Å². The predicted octanol–water partition coefficient (Wildman–Crippen LogP) is 7.49. The largest absolute Gasteiger partial charge is 0.495 e. The van der Waals surface area contributed by atoms with Crippen LogP contribution in [0.3, 0.4) is 0 Å². The van der Waals surface area contributed by atoms with Gasteiger partial charge in [-0.1, -0.05) is 90.5 Å². The van der Waals surface area contributed by atoms with Crippen LogP contribution in [0.2, 0.25) is 0 Å². The van der Waals surface area contributed by atoms with Crippen LogP contribution in [0.5, 0.6) is 0 Å². The average Bonchev–Trinajstić information content (AvgIpc) is 3.47. The lowest BCUT2D eigenvalue weighted by Gasteiger charge is -2.33. The summed E-state index contributed by atoms with van der Waals surface area (Å²) in [6.07, 6.45) is 15.0. The molecule has 0 N–H and O–H groups in total. The zero-order valence-corrected chi connectivity index (χ0v) is 26.9. The standard InChI is InChI=1S/C37H41N2O2.C2H6/c1-7-13-26-25(4)16-17-31-34(26)37(19-11-8-12-20-37)32(39(31)21-18-24(2)3)22-28-35(40)33(36(28)41-6)29-23-38(5)30-15-10-9-14-27(29)30;1-2/h7,9-10,13-17,22-24H,1,4,8,11-12,18-21H2,2-3,5-6H3;1-2H3/q+1;/b26-13+;. The van der Waals surface area contributed by atoms with Crippen molar-refractivity contribution >= 4 is 46.3 Å². The number of nitrogens with zero attached hydrogens (tertiary/aromatic N) is 2. The zero-order valence-electron chi connectivity index (χ0n) is 26.9. The van der Waals surface area contributed by atoms with E-state index in [4.69, 9.17) is 4.74 Å². The van der Waals surface area contributed by atoms with E-state index < -0.39 is 0 Å². The third kappa shape index (κ3) is 4.95. The number of aromatic nitrogens is 1. The number of ether oxygens (including phenoxy) is 1. The highest BCUT2D eigenvalue weighted by molar-refractivity contribution is 6.41. The van der Waals surface area contributed by atoms with Crippen LogP contribution in [0.25, 0.3) is 29.1 Å². The Morgan fingerprint density at radius 1 is 1.09 bits per heavy atom. The van der Waals surface area contributed by atoms with Crippen molar-refractivity contribution < 1.29 is 14.1 Å². The molecule has 0 saturated heterocycles. The number of para-hydroxylation sites is 1. The van der Waals surface area contributed by atoms with Crippen molar-refractivity contribution in [2.45, 2.75) is 71.6 Å². The molecule has 0 radical (unpaired) electrons. The minimum Gasteiger partial charge on any atom is -0.495 e. The molecule has 0 atom stereocenters. The highest BCUT2D eigenvalue weighted by Crippen LogP contribution is 2.49. The summed E-state index contributed by atoms with van der Waals surface area (Å²) in [4.78, 5) is 14.0. The van der Waals surface area contributed by atoms with Crippen LogP contribution in [-0.2, 0) is 22.0 Å². The lowest BCUT2D eigenvalue weighted by atomic mass is 9.66. The molecule has 2 aliphatic carbocycles. The number of hydrogen-bond donors (Lipinski definition) is 0. The lowest BCUT2D eigenvalue weighted by Crippen LogP contribution is -2.43. The molecule has 2 heterocycles. The molecule has 1 aliphatic heterocycles. The molecule has 1 fully saturated rings. The normalized spacial score (nSPS) is 18.8. The van der Waals surface area contributed by atoms with Crippen molar-refractivity contribution in [2.75, 3.05) is 13.7 Å². The van der Waals surface area contributed by atoms with E-state index in [0.717, 1.165) is 47.5 Å². The van der Waals surface area contributed by atoms with E-state index in [1.807, 2.05) is 39.1 Å². The summed E-state index contributed by atoms with van der Waals surface area (Å²) in [6, 6.07) is 12.6. The fraction of sp³-hybridized carbons (Fsp3) is 0.385. The molecule has 1 saturated carbocycles. The van der Waals surface area contributed by atoms with Crippen molar-refractivity contribution in [3.63, 3.8) is 0 Å². The van der Waals surface area contributed by atoms with Gasteiger partial charge in [0.25, 0.3) is 0 Å². The molecule has 6 rings (SSSR count). The van der Waals surface area contributed by atoms with E-state index in [1.165, 1.54) is 41.4 Å². The van der Waals surface area contributed by atoms with Gasteiger partial charge in [-0.3, -0.25) is 4.79 Å². The maximum absolute atomic E-state index is 14.0. The molecule has 43 heavy (non-hydrogen) atoms. The zero-order chi connectivity index (χ0) is 30.9. The molecule has 0 amide bonds. The fourth-order valence-electron chi connectivity index (χ4n) is 7.39. The summed E-state index contributed by atoms with van der Waals surface area (Å²) < 4.78 is 10.6. The summed E-state index contributed by atoms with van der Waals surface area (Å²) in [7, 11) is 3.71. The summed E-state index contributed by atoms with van der Waals surface area (Å²) >= 11 is 0. The number of rotatable bonds is 7. The Morgan fingerprint density at radius 2 is 1.81 bits per heavy atom. The number of carbonyl (C=O) groups is 1. The number of allylic oxidation sites excluding steroid dienone is 4. The smallest absolute Gasteiger partial charge is 0.210 e. The second-order valence-corrected chi connectivity index (χ2v) is 12.3. The van der Waals surface area contributed by atoms with Gasteiger partial charge in [0.15, 0.2) is 5.71 Å². The van der Waals surface area contributed by atoms with Gasteiger partial charge < -0.3 is 9.30 Å². The summed E-state index contributed by atoms with van der Waals surface area (Å²) in [6.45, 7) is 17.9. The van der Waals surface area contributed by atoms with Crippen molar-refractivity contribution in [1.82, 2.24) is 4.57 Å². The van der Waals surface area contributed by atoms with Crippen LogP contribution >= 0.6 is 0 Å². The van der Waals surface area contributed by atoms with Gasteiger partial charge in [0, 0.05) is 53.8 Å². The first-order chi connectivity index (χ1) is 20.8. The number of hydrogen-bond acceptors (Lipinski definition) is 2. The van der Waals surface area contributed by atoms with E-state index in [0.29, 0.717) is 22.8 Å². The van der Waals surface area contributed by atoms with E-state index in [2.05, 4.69) is 78.8 Å². The first kappa shape index (κ1) is 30.5. The van der Waals surface area contributed by atoms with Crippen LogP contribution in [0.4, 0.5) is 5.69 Å². The quantitative estimate of drug-likeness (QED) is 0.216. The lowest BCUT2D eigenvalue weighted by molar-refractivity contribution is -0.439. The van der Waals surface area contributed by atoms with Crippen LogP contribution in [0, 0.1) is 5.92 Å². The second kappa shape index (κ2) is 12.4. The van der Waals surface area contributed by atoms with Gasteiger partial charge in [0.2, 0.25) is 11.5 Å². The molecule has 0 bridgehead atoms. The van der Waals surface area contributed by atoms with Gasteiger partial charge in [0.1, 0.15) is 12.3 Å². The average molecular weight is 576 g/mol. The number of aryl methyl sites for hydroxylation is 1. The Bertz CT molecular complexity index is 1790. The summed E-state index contributed by atoms with van der Waals surface area (Å²) in [5.74, 6) is 1.33. The van der Waals surface area contributed by atoms with Crippen LogP contribution in [0.15, 0.2) is 72.7 Å². The number of methoxy groups -OCH3 is 1. The Kier molecular flexibility index (Phi) is 8.78. The minimum atomic E-state index is -0.158. The van der Waals surface area contributed by atoms with Crippen molar-refractivity contribution in [3.8, 4) is 0 Å². The van der Waals surface area contributed by atoms with Crippen molar-refractivity contribution in [3.05, 3.63) is 94.2 Å². The van der Waals surface area contributed by atoms with Crippen LogP contribution in [-0.4, -0.2) is 34.3 Å². The van der Waals surface area contributed by atoms with Gasteiger partial charge in [-0.15, -0.1) is 0 Å². The number of Topliss-reactive ketones (excluding diaryl/α,β-unsaturated/α-hetero) is 1. The number of carbonyl (C=O) groups excluding carboxylic acids is 1. The molecule has 3 aromatic rings. The topological polar surface area (TPSA) is 34.2 Å². The highest BCUT2D eigenvalue weighted by Gasteiger charge is 2.53. The highest BCUT2D eigenvalue weighted by atomic mass is 16.5. The minimum absolute atomic E-state index is 0.0622. The molecule has 1 aromatic heterocycles. The third-order valence-corrected chi connectivity index (χ3v) is 9.38. The first-order valence-electron chi connectivity index (χ1n) is 16.0. The molecule has 4 nitrogen and oxygen atoms in total. The molecule has 0 unspecified atom stereocenters. The maximum Gasteiger partial charge on any atom is 0.210 e. The van der Waals surface area contributed by atoms with E-state index >= 15 is 0 Å². The van der Waals surface area contributed by atoms with Gasteiger partial charge in [-0.05, 0) is 41.3 Å². The molecular formula is C39H47N2O2+. The Labute approximate surface area is 257 Å². The van der Waals surface area contributed by atoms with Crippen molar-refractivity contribution in [2.24, 2.45) is 13.0 Å². The Hall–Kier alpha value is -3.92. The van der Waals surface area contributed by atoms with E-state index in [1.54, 1.807) is 7.11 Å². The fourth-order valence-corrected chi connectivity index (χ4v) is 7.39. The number of fused-ring (bicyclic) bond motifs is 3. The SMILES string of the molecule is C=C/C=c1/c2c(ccc1=C)[N+](CCC(C)C)=C(/C=C1\C(=O)C(c3cn(C)c4ccccc34)=C1OC)C21CCCCC1.CC. The number of benzene rings is 2. The predicted molar refractivity (Wildman–Crippen MR) is 181 cm³/mol. The Balaban J connectivity index is 0.00000180. The summed E-state index contributed by atoms with van der Waals surface area (Å²) in [5.41, 5.74) is 7.11. The Morgan fingerprint density at radius 3 is 2.49 bits per heavy atom. The molecule has 4 heteroatoms. The van der Waals surface area contributed by atoms with E-state index in [-0.39, 0.29) is 11.2 Å². The maximum atomic E-state index is 14.0. The molecule has 2 aromatic carbocycles. The van der Waals surface area contributed by atoms with Gasteiger partial charge in [0.05, 0.1) is 23.7 Å². The van der Waals surface area contributed by atoms with Crippen molar-refractivity contribution in [1.29, 1.82) is 0 Å². The van der Waals surface area contributed by atoms with Gasteiger partial charge >= 0.3 is 0 Å². The van der Waals surface area contributed by atoms with Gasteiger partial charge in [-0.25, -0.2) is 0 Å². The summed E-state index contributed by atoms with van der Waals surface area (Å²) in [5, 5.41) is 3.28. The first-order valence-corrected chi connectivity index (χ1v) is 16.0. The van der Waals surface area contributed by atoms with Crippen LogP contribution in [0.1, 0.15) is 77.3 Å². The molecular weight excluding hydrogens is 528 g/mol. The molecule has 1 spiro atoms.